The van der Waals surface area contributed by atoms with Gasteiger partial charge in [-0.1, -0.05) is 32.1 Å². The summed E-state index contributed by atoms with van der Waals surface area (Å²) in [5.74, 6) is -2.43. The van der Waals surface area contributed by atoms with Crippen molar-refractivity contribution >= 4 is 23.9 Å². The molecular weight excluding hydrogens is 356 g/mol. The monoisotopic (exact) mass is 382 g/mol. The molecule has 1 atom stereocenters. The van der Waals surface area contributed by atoms with Crippen LogP contribution in [-0.4, -0.2) is 50.8 Å². The molecule has 0 N–H and O–H groups in total. The zero-order chi connectivity index (χ0) is 20.1. The second-order valence-electron chi connectivity index (χ2n) is 6.14. The molecule has 0 saturated heterocycles. The lowest BCUT2D eigenvalue weighted by molar-refractivity contribution is -0.154. The molecule has 8 nitrogen and oxygen atoms in total. The van der Waals surface area contributed by atoms with Gasteiger partial charge in [0, 0.05) is 24.3 Å². The van der Waals surface area contributed by atoms with Gasteiger partial charge in [-0.05, 0) is 12.3 Å². The Morgan fingerprint density at radius 1 is 0.815 bits per heavy atom. The summed E-state index contributed by atoms with van der Waals surface area (Å²) in [5.41, 5.74) is 0. The summed E-state index contributed by atoms with van der Waals surface area (Å²) < 4.78 is 19.2. The molecular formula is C19H26O8. The van der Waals surface area contributed by atoms with Crippen LogP contribution in [0.2, 0.25) is 0 Å². The van der Waals surface area contributed by atoms with E-state index in [0.717, 1.165) is 50.0 Å². The number of carbonyl (C=O) groups excluding carboxylic acids is 4. The van der Waals surface area contributed by atoms with Crippen molar-refractivity contribution in [1.29, 1.82) is 0 Å². The molecule has 0 bridgehead atoms. The Morgan fingerprint density at radius 3 is 1.89 bits per heavy atom. The minimum Gasteiger partial charge on any atom is -0.466 e. The van der Waals surface area contributed by atoms with Crippen LogP contribution in [0.3, 0.4) is 0 Å². The van der Waals surface area contributed by atoms with Crippen LogP contribution in [0.15, 0.2) is 24.3 Å². The molecule has 0 radical (unpaired) electrons. The molecule has 1 aliphatic carbocycles. The molecule has 1 aliphatic rings. The number of hydrogen-bond acceptors (Lipinski definition) is 8. The van der Waals surface area contributed by atoms with Crippen molar-refractivity contribution < 1.29 is 38.1 Å². The van der Waals surface area contributed by atoms with Gasteiger partial charge in [0.05, 0.1) is 14.2 Å². The highest BCUT2D eigenvalue weighted by atomic mass is 16.6. The number of carbonyl (C=O) groups is 4. The molecule has 0 spiro atoms. The van der Waals surface area contributed by atoms with E-state index in [1.807, 2.05) is 0 Å². The van der Waals surface area contributed by atoms with Crippen molar-refractivity contribution in [2.45, 2.75) is 44.6 Å². The van der Waals surface area contributed by atoms with Gasteiger partial charge >= 0.3 is 23.9 Å². The topological polar surface area (TPSA) is 105 Å². The van der Waals surface area contributed by atoms with Crippen LogP contribution in [0, 0.1) is 5.92 Å². The van der Waals surface area contributed by atoms with Crippen molar-refractivity contribution in [1.82, 2.24) is 0 Å². The predicted molar refractivity (Wildman–Crippen MR) is 94.3 cm³/mol. The van der Waals surface area contributed by atoms with Gasteiger partial charge in [0.25, 0.3) is 0 Å². The van der Waals surface area contributed by atoms with E-state index in [9.17, 15) is 19.2 Å². The zero-order valence-electron chi connectivity index (χ0n) is 15.7. The molecule has 1 rings (SSSR count). The van der Waals surface area contributed by atoms with Gasteiger partial charge in [-0.15, -0.1) is 0 Å². The highest BCUT2D eigenvalue weighted by Gasteiger charge is 2.22. The van der Waals surface area contributed by atoms with Gasteiger partial charge in [-0.3, -0.25) is 0 Å². The minimum atomic E-state index is -0.741. The van der Waals surface area contributed by atoms with Crippen LogP contribution in [0.25, 0.3) is 0 Å². The Kier molecular flexibility index (Phi) is 10.5. The van der Waals surface area contributed by atoms with Crippen LogP contribution in [0.1, 0.15) is 38.5 Å². The SMILES string of the molecule is COC(=O)/C=C/C(=O)OCC(CC1CCCCC1)OC(=O)/C=C/C(=O)OC. The van der Waals surface area contributed by atoms with Crippen molar-refractivity contribution in [2.24, 2.45) is 5.92 Å². The number of ether oxygens (including phenoxy) is 4. The van der Waals surface area contributed by atoms with Crippen LogP contribution in [-0.2, 0) is 38.1 Å². The molecule has 150 valence electrons. The Labute approximate surface area is 158 Å². The van der Waals surface area contributed by atoms with Gasteiger partial charge in [-0.2, -0.15) is 0 Å². The van der Waals surface area contributed by atoms with E-state index in [-0.39, 0.29) is 6.61 Å². The van der Waals surface area contributed by atoms with E-state index in [1.54, 1.807) is 0 Å². The first kappa shape index (κ1) is 22.4. The second-order valence-corrected chi connectivity index (χ2v) is 6.14. The van der Waals surface area contributed by atoms with Crippen molar-refractivity contribution in [3.8, 4) is 0 Å². The van der Waals surface area contributed by atoms with E-state index in [0.29, 0.717) is 12.3 Å². The summed E-state index contributed by atoms with van der Waals surface area (Å²) in [6, 6.07) is 0. The van der Waals surface area contributed by atoms with E-state index < -0.39 is 30.0 Å². The molecule has 0 heterocycles. The van der Waals surface area contributed by atoms with Gasteiger partial charge in [-0.25, -0.2) is 19.2 Å². The first-order chi connectivity index (χ1) is 12.9. The third-order valence-electron chi connectivity index (χ3n) is 4.13. The first-order valence-corrected chi connectivity index (χ1v) is 8.84. The van der Waals surface area contributed by atoms with Crippen molar-refractivity contribution in [2.75, 3.05) is 20.8 Å². The first-order valence-electron chi connectivity index (χ1n) is 8.84. The number of esters is 4. The third-order valence-corrected chi connectivity index (χ3v) is 4.13. The molecule has 0 aromatic heterocycles. The van der Waals surface area contributed by atoms with E-state index in [4.69, 9.17) is 9.47 Å². The summed E-state index contributed by atoms with van der Waals surface area (Å²) in [5, 5.41) is 0. The van der Waals surface area contributed by atoms with Crippen LogP contribution in [0.4, 0.5) is 0 Å². The molecule has 1 saturated carbocycles. The molecule has 0 aliphatic heterocycles. The predicted octanol–water partition coefficient (Wildman–Crippen LogP) is 1.87. The average molecular weight is 382 g/mol. The zero-order valence-corrected chi connectivity index (χ0v) is 15.7. The van der Waals surface area contributed by atoms with Crippen LogP contribution < -0.4 is 0 Å². The highest BCUT2D eigenvalue weighted by molar-refractivity contribution is 5.92. The molecule has 1 fully saturated rings. The summed E-state index contributed by atoms with van der Waals surface area (Å²) in [6.07, 6.45) is 9.24. The van der Waals surface area contributed by atoms with Crippen LogP contribution in [0.5, 0.6) is 0 Å². The molecule has 0 amide bonds. The summed E-state index contributed by atoms with van der Waals surface area (Å²) in [7, 11) is 2.39. The Balaban J connectivity index is 2.60. The lowest BCUT2D eigenvalue weighted by Gasteiger charge is -2.26. The van der Waals surface area contributed by atoms with Crippen molar-refractivity contribution in [3.05, 3.63) is 24.3 Å². The van der Waals surface area contributed by atoms with Gasteiger partial charge in [0.1, 0.15) is 12.7 Å². The maximum atomic E-state index is 11.9. The fourth-order valence-corrected chi connectivity index (χ4v) is 2.78. The Bertz CT molecular complexity index is 572. The molecule has 27 heavy (non-hydrogen) atoms. The summed E-state index contributed by atoms with van der Waals surface area (Å²) in [4.78, 5) is 45.6. The molecule has 0 aromatic rings. The lowest BCUT2D eigenvalue weighted by atomic mass is 9.85. The minimum absolute atomic E-state index is 0.140. The van der Waals surface area contributed by atoms with Gasteiger partial charge in [0.15, 0.2) is 0 Å². The normalized spacial score (nSPS) is 16.1. The number of methoxy groups -OCH3 is 2. The van der Waals surface area contributed by atoms with Crippen LogP contribution >= 0.6 is 0 Å². The molecule has 8 heteroatoms. The Morgan fingerprint density at radius 2 is 1.33 bits per heavy atom. The summed E-state index contributed by atoms with van der Waals surface area (Å²) >= 11 is 0. The summed E-state index contributed by atoms with van der Waals surface area (Å²) in [6.45, 7) is -0.140. The molecule has 1 unspecified atom stereocenters. The fourth-order valence-electron chi connectivity index (χ4n) is 2.78. The van der Waals surface area contributed by atoms with E-state index in [2.05, 4.69) is 9.47 Å². The van der Waals surface area contributed by atoms with Gasteiger partial charge in [0.2, 0.25) is 0 Å². The number of hydrogen-bond donors (Lipinski definition) is 0. The number of rotatable bonds is 9. The Hall–Kier alpha value is -2.64. The lowest BCUT2D eigenvalue weighted by Crippen LogP contribution is -2.27. The quantitative estimate of drug-likeness (QED) is 0.338. The smallest absolute Gasteiger partial charge is 0.331 e. The standard InChI is InChI=1S/C19H26O8/c1-24-16(20)8-10-18(22)26-13-15(12-14-6-4-3-5-7-14)27-19(23)11-9-17(21)25-2/h8-11,14-15H,3-7,12-13H2,1-2H3/b10-8+,11-9+. The molecule has 0 aromatic carbocycles. The van der Waals surface area contributed by atoms with E-state index in [1.165, 1.54) is 20.6 Å². The van der Waals surface area contributed by atoms with E-state index >= 15 is 0 Å². The second kappa shape index (κ2) is 12.7. The fraction of sp³-hybridized carbons (Fsp3) is 0.579. The maximum Gasteiger partial charge on any atom is 0.331 e. The average Bonchev–Trinajstić information content (AvgIpc) is 2.68. The maximum absolute atomic E-state index is 11.9. The van der Waals surface area contributed by atoms with Gasteiger partial charge < -0.3 is 18.9 Å². The van der Waals surface area contributed by atoms with Crippen molar-refractivity contribution in [3.63, 3.8) is 0 Å². The largest absolute Gasteiger partial charge is 0.466 e. The third kappa shape index (κ3) is 10.2. The highest BCUT2D eigenvalue weighted by Crippen LogP contribution is 2.28.